The predicted octanol–water partition coefficient (Wildman–Crippen LogP) is 1.32. The molecule has 0 aromatic rings. The molecule has 11 heavy (non-hydrogen) atoms. The molecule has 2 nitrogen and oxygen atoms in total. The number of rotatable bonds is 7. The Hall–Kier alpha value is 0.210. The molecule has 0 spiro atoms. The van der Waals surface area contributed by atoms with Crippen LogP contribution < -0.4 is 0 Å². The molecule has 0 saturated carbocycles. The molecule has 0 unspecified atom stereocenters. The molecule has 0 heterocycles. The third-order valence-corrected chi connectivity index (χ3v) is 1.83. The van der Waals surface area contributed by atoms with Gasteiger partial charge < -0.3 is 10.0 Å². The Morgan fingerprint density at radius 2 is 1.91 bits per heavy atom. The molecule has 0 bridgehead atoms. The van der Waals surface area contributed by atoms with Crippen molar-refractivity contribution in [2.45, 2.75) is 19.3 Å². The zero-order valence-corrected chi connectivity index (χ0v) is 7.98. The number of alkyl halides is 1. The molecule has 0 amide bonds. The van der Waals surface area contributed by atoms with E-state index in [2.05, 4.69) is 11.9 Å². The van der Waals surface area contributed by atoms with Gasteiger partial charge in [-0.05, 0) is 32.9 Å². The first kappa shape index (κ1) is 11.2. The van der Waals surface area contributed by atoms with Gasteiger partial charge >= 0.3 is 0 Å². The van der Waals surface area contributed by atoms with Gasteiger partial charge in [0, 0.05) is 19.0 Å². The molecule has 1 N–H and O–H groups in total. The van der Waals surface area contributed by atoms with Crippen LogP contribution in [-0.2, 0) is 0 Å². The second-order valence-electron chi connectivity index (χ2n) is 2.78. The Bertz CT molecular complexity index is 80.5. The Morgan fingerprint density at radius 1 is 1.18 bits per heavy atom. The van der Waals surface area contributed by atoms with Crippen molar-refractivity contribution in [2.24, 2.45) is 0 Å². The molecule has 0 saturated heterocycles. The van der Waals surface area contributed by atoms with Gasteiger partial charge in [-0.15, -0.1) is 11.6 Å². The molecule has 0 aliphatic rings. The fraction of sp³-hybridized carbons (Fsp3) is 1.00. The van der Waals surface area contributed by atoms with Crippen molar-refractivity contribution in [1.82, 2.24) is 4.90 Å². The molecule has 3 heteroatoms. The van der Waals surface area contributed by atoms with Crippen molar-refractivity contribution in [3.63, 3.8) is 0 Å². The van der Waals surface area contributed by atoms with Crippen molar-refractivity contribution in [1.29, 1.82) is 0 Å². The van der Waals surface area contributed by atoms with Crippen LogP contribution in [0.1, 0.15) is 19.3 Å². The summed E-state index contributed by atoms with van der Waals surface area (Å²) in [4.78, 5) is 2.21. The maximum absolute atomic E-state index is 8.50. The third kappa shape index (κ3) is 8.11. The second kappa shape index (κ2) is 8.31. The number of hydrogen-bond acceptors (Lipinski definition) is 2. The molecule has 0 aliphatic heterocycles. The molecular weight excluding hydrogens is 162 g/mol. The Kier molecular flexibility index (Phi) is 8.47. The van der Waals surface area contributed by atoms with Gasteiger partial charge in [0.15, 0.2) is 0 Å². The Balaban J connectivity index is 2.97. The number of nitrogens with zero attached hydrogens (tertiary/aromatic N) is 1. The minimum Gasteiger partial charge on any atom is -0.396 e. The smallest absolute Gasteiger partial charge is 0.0431 e. The van der Waals surface area contributed by atoms with Gasteiger partial charge in [-0.3, -0.25) is 0 Å². The van der Waals surface area contributed by atoms with Gasteiger partial charge in [-0.2, -0.15) is 0 Å². The van der Waals surface area contributed by atoms with Gasteiger partial charge in [0.1, 0.15) is 0 Å². The monoisotopic (exact) mass is 179 g/mol. The van der Waals surface area contributed by atoms with E-state index in [1.54, 1.807) is 0 Å². The van der Waals surface area contributed by atoms with Gasteiger partial charge in [-0.25, -0.2) is 0 Å². The van der Waals surface area contributed by atoms with Gasteiger partial charge in [0.05, 0.1) is 0 Å². The minimum absolute atomic E-state index is 0.319. The number of unbranched alkanes of at least 4 members (excludes halogenated alkanes) is 2. The van der Waals surface area contributed by atoms with Crippen molar-refractivity contribution in [3.8, 4) is 0 Å². The van der Waals surface area contributed by atoms with Crippen molar-refractivity contribution < 1.29 is 5.11 Å². The average Bonchev–Trinajstić information content (AvgIpc) is 1.99. The van der Waals surface area contributed by atoms with Crippen molar-refractivity contribution in [3.05, 3.63) is 0 Å². The van der Waals surface area contributed by atoms with E-state index >= 15 is 0 Å². The number of halogens is 1. The highest BCUT2D eigenvalue weighted by Gasteiger charge is 1.95. The second-order valence-corrected chi connectivity index (χ2v) is 3.15. The van der Waals surface area contributed by atoms with Gasteiger partial charge in [0.25, 0.3) is 0 Å². The lowest BCUT2D eigenvalue weighted by Crippen LogP contribution is -2.21. The lowest BCUT2D eigenvalue weighted by molar-refractivity contribution is 0.275. The maximum atomic E-state index is 8.50. The number of aliphatic hydroxyl groups excluding tert-OH is 1. The summed E-state index contributed by atoms with van der Waals surface area (Å²) in [5, 5.41) is 8.50. The summed E-state index contributed by atoms with van der Waals surface area (Å²) in [5.74, 6) is 0.705. The van der Waals surface area contributed by atoms with E-state index < -0.39 is 0 Å². The van der Waals surface area contributed by atoms with Crippen LogP contribution in [0.5, 0.6) is 0 Å². The van der Waals surface area contributed by atoms with E-state index in [4.69, 9.17) is 16.7 Å². The minimum atomic E-state index is 0.319. The molecular formula is C8H18ClNO. The summed E-state index contributed by atoms with van der Waals surface area (Å²) in [7, 11) is 2.07. The van der Waals surface area contributed by atoms with E-state index in [-0.39, 0.29) is 0 Å². The van der Waals surface area contributed by atoms with Gasteiger partial charge in [-0.1, -0.05) is 0 Å². The number of hydrogen-bond donors (Lipinski definition) is 1. The summed E-state index contributed by atoms with van der Waals surface area (Å²) >= 11 is 5.55. The summed E-state index contributed by atoms with van der Waals surface area (Å²) in [6.07, 6.45) is 3.20. The van der Waals surface area contributed by atoms with Crippen molar-refractivity contribution >= 4 is 11.6 Å². The predicted molar refractivity (Wildman–Crippen MR) is 49.2 cm³/mol. The van der Waals surface area contributed by atoms with Crippen LogP contribution in [0.2, 0.25) is 0 Å². The van der Waals surface area contributed by atoms with E-state index in [0.717, 1.165) is 32.4 Å². The van der Waals surface area contributed by atoms with Crippen LogP contribution in [0.15, 0.2) is 0 Å². The van der Waals surface area contributed by atoms with Crippen molar-refractivity contribution in [2.75, 3.05) is 32.6 Å². The SMILES string of the molecule is CN(CCCl)CCCCCO. The summed E-state index contributed by atoms with van der Waals surface area (Å²) < 4.78 is 0. The molecule has 68 valence electrons. The van der Waals surface area contributed by atoms with Crippen LogP contribution in [0.4, 0.5) is 0 Å². The largest absolute Gasteiger partial charge is 0.396 e. The van der Waals surface area contributed by atoms with Crippen LogP contribution in [0.25, 0.3) is 0 Å². The third-order valence-electron chi connectivity index (χ3n) is 1.66. The van der Waals surface area contributed by atoms with Crippen LogP contribution in [0.3, 0.4) is 0 Å². The summed E-state index contributed by atoms with van der Waals surface area (Å²) in [6, 6.07) is 0. The Morgan fingerprint density at radius 3 is 2.45 bits per heavy atom. The molecule has 0 rings (SSSR count). The topological polar surface area (TPSA) is 23.5 Å². The molecule has 0 aromatic carbocycles. The highest BCUT2D eigenvalue weighted by atomic mass is 35.5. The lowest BCUT2D eigenvalue weighted by atomic mass is 10.2. The molecule has 0 aromatic heterocycles. The molecule has 0 atom stereocenters. The van der Waals surface area contributed by atoms with E-state index in [1.807, 2.05) is 0 Å². The highest BCUT2D eigenvalue weighted by Crippen LogP contribution is 1.96. The Labute approximate surface area is 74.2 Å². The van der Waals surface area contributed by atoms with E-state index in [0.29, 0.717) is 12.5 Å². The maximum Gasteiger partial charge on any atom is 0.0431 e. The first-order valence-corrected chi connectivity index (χ1v) is 4.70. The first-order valence-electron chi connectivity index (χ1n) is 4.16. The quantitative estimate of drug-likeness (QED) is 0.471. The summed E-state index contributed by atoms with van der Waals surface area (Å²) in [5.41, 5.74) is 0. The first-order chi connectivity index (χ1) is 5.31. The zero-order valence-electron chi connectivity index (χ0n) is 7.22. The normalized spacial score (nSPS) is 10.9. The van der Waals surface area contributed by atoms with Crippen LogP contribution >= 0.6 is 11.6 Å². The lowest BCUT2D eigenvalue weighted by Gasteiger charge is -2.13. The molecule has 0 radical (unpaired) electrons. The van der Waals surface area contributed by atoms with Crippen LogP contribution in [-0.4, -0.2) is 42.6 Å². The average molecular weight is 180 g/mol. The van der Waals surface area contributed by atoms with E-state index in [1.165, 1.54) is 0 Å². The van der Waals surface area contributed by atoms with E-state index in [9.17, 15) is 0 Å². The number of aliphatic hydroxyl groups is 1. The van der Waals surface area contributed by atoms with Gasteiger partial charge in [0.2, 0.25) is 0 Å². The fourth-order valence-corrected chi connectivity index (χ4v) is 1.21. The highest BCUT2D eigenvalue weighted by molar-refractivity contribution is 6.18. The summed E-state index contributed by atoms with van der Waals surface area (Å²) in [6.45, 7) is 2.37. The van der Waals surface area contributed by atoms with Crippen LogP contribution in [0, 0.1) is 0 Å². The molecule has 0 fully saturated rings. The standard InChI is InChI=1S/C8H18ClNO/c1-10(7-5-9)6-3-2-4-8-11/h11H,2-8H2,1H3. The molecule has 0 aliphatic carbocycles. The zero-order chi connectivity index (χ0) is 8.53. The fourth-order valence-electron chi connectivity index (χ4n) is 0.926.